The van der Waals surface area contributed by atoms with Gasteiger partial charge in [0.15, 0.2) is 0 Å². The van der Waals surface area contributed by atoms with E-state index in [1.54, 1.807) is 0 Å². The number of carbonyl (C=O) groups is 1. The molecule has 1 rings (SSSR count). The average molecular weight is 242 g/mol. The van der Waals surface area contributed by atoms with Crippen LogP contribution >= 0.6 is 0 Å². The number of hydrogen-bond acceptors (Lipinski definition) is 4. The van der Waals surface area contributed by atoms with Crippen LogP contribution in [0.4, 0.5) is 0 Å². The van der Waals surface area contributed by atoms with Crippen LogP contribution in [0.3, 0.4) is 0 Å². The molecule has 0 spiro atoms. The number of esters is 1. The zero-order valence-corrected chi connectivity index (χ0v) is 11.7. The third kappa shape index (κ3) is 3.68. The van der Waals surface area contributed by atoms with Gasteiger partial charge in [-0.3, -0.25) is 4.79 Å². The molecule has 2 unspecified atom stereocenters. The molecule has 2 atom stereocenters. The highest BCUT2D eigenvalue weighted by molar-refractivity contribution is 5.80. The first kappa shape index (κ1) is 14.5. The van der Waals surface area contributed by atoms with E-state index in [4.69, 9.17) is 4.74 Å². The summed E-state index contributed by atoms with van der Waals surface area (Å²) in [4.78, 5) is 14.2. The Morgan fingerprint density at radius 1 is 1.59 bits per heavy atom. The Morgan fingerprint density at radius 3 is 2.59 bits per heavy atom. The summed E-state index contributed by atoms with van der Waals surface area (Å²) in [6, 6.07) is 0.539. The summed E-state index contributed by atoms with van der Waals surface area (Å²) < 4.78 is 5.13. The first-order valence-corrected chi connectivity index (χ1v) is 6.51. The number of likely N-dealkylation sites (N-methyl/N-ethyl adjacent to an activating group) is 2. The molecule has 0 aliphatic heterocycles. The van der Waals surface area contributed by atoms with Gasteiger partial charge in [0, 0.05) is 12.6 Å². The quantitative estimate of drug-likeness (QED) is 0.682. The minimum absolute atomic E-state index is 0.169. The Hall–Kier alpha value is -0.610. The molecule has 0 saturated heterocycles. The molecule has 0 bridgehead atoms. The van der Waals surface area contributed by atoms with Crippen molar-refractivity contribution in [3.8, 4) is 0 Å². The molecule has 0 aromatic rings. The predicted octanol–water partition coefficient (Wildman–Crippen LogP) is 1.26. The van der Waals surface area contributed by atoms with E-state index in [9.17, 15) is 4.79 Å². The number of carbonyl (C=O) groups excluding carboxylic acids is 1. The third-order valence-electron chi connectivity index (χ3n) is 3.84. The summed E-state index contributed by atoms with van der Waals surface area (Å²) in [5.74, 6) is 0.639. The van der Waals surface area contributed by atoms with Crippen LogP contribution in [0.2, 0.25) is 0 Å². The lowest BCUT2D eigenvalue weighted by atomic mass is 10.0. The highest BCUT2D eigenvalue weighted by Gasteiger charge is 2.38. The van der Waals surface area contributed by atoms with Gasteiger partial charge in [0.05, 0.1) is 6.61 Å². The molecular formula is C13H26N2O2. The van der Waals surface area contributed by atoms with Crippen molar-refractivity contribution in [2.45, 2.75) is 45.2 Å². The van der Waals surface area contributed by atoms with Crippen LogP contribution in [0, 0.1) is 5.92 Å². The first-order valence-electron chi connectivity index (χ1n) is 6.51. The summed E-state index contributed by atoms with van der Waals surface area (Å²) in [6.45, 7) is 7.09. The van der Waals surface area contributed by atoms with Gasteiger partial charge >= 0.3 is 5.97 Å². The smallest absolute Gasteiger partial charge is 0.327 e. The lowest BCUT2D eigenvalue weighted by Gasteiger charge is -2.34. The lowest BCUT2D eigenvalue weighted by Crippen LogP contribution is -2.57. The van der Waals surface area contributed by atoms with E-state index in [-0.39, 0.29) is 5.97 Å². The average Bonchev–Trinajstić information content (AvgIpc) is 3.11. The molecular weight excluding hydrogens is 216 g/mol. The fourth-order valence-electron chi connectivity index (χ4n) is 2.12. The van der Waals surface area contributed by atoms with E-state index in [1.807, 2.05) is 20.9 Å². The van der Waals surface area contributed by atoms with Crippen molar-refractivity contribution >= 4 is 5.97 Å². The van der Waals surface area contributed by atoms with E-state index >= 15 is 0 Å². The van der Waals surface area contributed by atoms with Crippen molar-refractivity contribution in [3.63, 3.8) is 0 Å². The Morgan fingerprint density at radius 2 is 2.18 bits per heavy atom. The second-order valence-corrected chi connectivity index (χ2v) is 5.30. The van der Waals surface area contributed by atoms with Crippen molar-refractivity contribution in [1.29, 1.82) is 0 Å². The van der Waals surface area contributed by atoms with Crippen molar-refractivity contribution in [3.05, 3.63) is 0 Å². The number of nitrogens with zero attached hydrogens (tertiary/aromatic N) is 1. The summed E-state index contributed by atoms with van der Waals surface area (Å²) in [5, 5.41) is 3.09. The van der Waals surface area contributed by atoms with Crippen LogP contribution in [-0.4, -0.2) is 49.7 Å². The van der Waals surface area contributed by atoms with E-state index in [0.29, 0.717) is 19.2 Å². The van der Waals surface area contributed by atoms with Crippen LogP contribution in [0.5, 0.6) is 0 Å². The highest BCUT2D eigenvalue weighted by atomic mass is 16.5. The van der Waals surface area contributed by atoms with Crippen LogP contribution in [-0.2, 0) is 9.53 Å². The van der Waals surface area contributed by atoms with Crippen molar-refractivity contribution < 1.29 is 9.53 Å². The predicted molar refractivity (Wildman–Crippen MR) is 68.9 cm³/mol. The monoisotopic (exact) mass is 242 g/mol. The number of rotatable bonds is 7. The third-order valence-corrected chi connectivity index (χ3v) is 3.84. The molecule has 0 heterocycles. The maximum absolute atomic E-state index is 11.9. The van der Waals surface area contributed by atoms with E-state index in [0.717, 1.165) is 5.92 Å². The minimum Gasteiger partial charge on any atom is -0.465 e. The molecule has 1 N–H and O–H groups in total. The molecule has 4 nitrogen and oxygen atoms in total. The zero-order chi connectivity index (χ0) is 13.1. The molecule has 0 radical (unpaired) electrons. The van der Waals surface area contributed by atoms with Crippen LogP contribution < -0.4 is 5.32 Å². The summed E-state index contributed by atoms with van der Waals surface area (Å²) in [6.07, 6.45) is 2.64. The number of hydrogen-bond donors (Lipinski definition) is 1. The fraction of sp³-hybridized carbons (Fsp3) is 0.923. The van der Waals surface area contributed by atoms with Gasteiger partial charge in [-0.25, -0.2) is 0 Å². The van der Waals surface area contributed by atoms with Crippen LogP contribution in [0.25, 0.3) is 0 Å². The van der Waals surface area contributed by atoms with Gasteiger partial charge in [-0.05, 0) is 53.6 Å². The molecule has 0 amide bonds. The standard InChI is InChI=1S/C13H26N2O2/c1-6-17-12(16)13(3,14-4)9-15(5)10(2)11-7-8-11/h10-11,14H,6-9H2,1-5H3. The Kier molecular flexibility index (Phi) is 4.95. The summed E-state index contributed by atoms with van der Waals surface area (Å²) in [7, 11) is 3.89. The summed E-state index contributed by atoms with van der Waals surface area (Å²) in [5.41, 5.74) is -0.617. The molecule has 1 saturated carbocycles. The largest absolute Gasteiger partial charge is 0.465 e. The van der Waals surface area contributed by atoms with Gasteiger partial charge in [-0.15, -0.1) is 0 Å². The van der Waals surface area contributed by atoms with E-state index in [2.05, 4.69) is 24.2 Å². The Balaban J connectivity index is 2.56. The van der Waals surface area contributed by atoms with Gasteiger partial charge in [0.2, 0.25) is 0 Å². The van der Waals surface area contributed by atoms with Crippen LogP contribution in [0.15, 0.2) is 0 Å². The molecule has 1 fully saturated rings. The van der Waals surface area contributed by atoms with Crippen molar-refractivity contribution in [1.82, 2.24) is 10.2 Å². The normalized spacial score (nSPS) is 21.1. The fourth-order valence-corrected chi connectivity index (χ4v) is 2.12. The maximum Gasteiger partial charge on any atom is 0.327 e. The topological polar surface area (TPSA) is 41.6 Å². The first-order chi connectivity index (χ1) is 7.94. The van der Waals surface area contributed by atoms with Gasteiger partial charge in [0.1, 0.15) is 5.54 Å². The second kappa shape index (κ2) is 5.83. The minimum atomic E-state index is -0.617. The van der Waals surface area contributed by atoms with E-state index in [1.165, 1.54) is 12.8 Å². The molecule has 0 aromatic carbocycles. The van der Waals surface area contributed by atoms with Crippen molar-refractivity contribution in [2.24, 2.45) is 5.92 Å². The molecule has 17 heavy (non-hydrogen) atoms. The summed E-state index contributed by atoms with van der Waals surface area (Å²) >= 11 is 0. The van der Waals surface area contributed by atoms with Crippen LogP contribution in [0.1, 0.15) is 33.6 Å². The van der Waals surface area contributed by atoms with E-state index < -0.39 is 5.54 Å². The highest BCUT2D eigenvalue weighted by Crippen LogP contribution is 2.35. The van der Waals surface area contributed by atoms with Crippen molar-refractivity contribution in [2.75, 3.05) is 27.2 Å². The second-order valence-electron chi connectivity index (χ2n) is 5.30. The Labute approximate surface area is 105 Å². The molecule has 1 aliphatic rings. The molecule has 1 aliphatic carbocycles. The lowest BCUT2D eigenvalue weighted by molar-refractivity contribution is -0.151. The number of nitrogens with one attached hydrogen (secondary N) is 1. The van der Waals surface area contributed by atoms with Gasteiger partial charge in [0.25, 0.3) is 0 Å². The molecule has 4 heteroatoms. The zero-order valence-electron chi connectivity index (χ0n) is 11.7. The SMILES string of the molecule is CCOC(=O)C(C)(CN(C)C(C)C1CC1)NC. The number of ether oxygens (including phenoxy) is 1. The van der Waals surface area contributed by atoms with Gasteiger partial charge in [-0.1, -0.05) is 0 Å². The molecule has 100 valence electrons. The van der Waals surface area contributed by atoms with Gasteiger partial charge < -0.3 is 15.0 Å². The molecule has 0 aromatic heterocycles. The Bertz CT molecular complexity index is 266. The maximum atomic E-state index is 11.9. The van der Waals surface area contributed by atoms with Gasteiger partial charge in [-0.2, -0.15) is 0 Å².